The van der Waals surface area contributed by atoms with Gasteiger partial charge >= 0.3 is 0 Å². The maximum atomic E-state index is 12.9. The lowest BCUT2D eigenvalue weighted by molar-refractivity contribution is -0.122. The van der Waals surface area contributed by atoms with E-state index in [2.05, 4.69) is 15.6 Å². The lowest BCUT2D eigenvalue weighted by atomic mass is 10.0. The number of amides is 2. The van der Waals surface area contributed by atoms with Gasteiger partial charge in [-0.2, -0.15) is 0 Å². The van der Waals surface area contributed by atoms with Gasteiger partial charge in [-0.25, -0.2) is 4.98 Å². The number of benzene rings is 2. The number of aromatic nitrogens is 1. The summed E-state index contributed by atoms with van der Waals surface area (Å²) in [5.74, 6) is 1.03. The van der Waals surface area contributed by atoms with Crippen molar-refractivity contribution < 1.29 is 23.2 Å². The molecule has 8 heteroatoms. The number of carbonyl (C=O) groups is 3. The summed E-state index contributed by atoms with van der Waals surface area (Å²) in [5.41, 5.74) is 3.54. The average molecular weight is 484 g/mol. The Hall–Kier alpha value is -4.46. The van der Waals surface area contributed by atoms with Crippen LogP contribution in [-0.4, -0.2) is 22.6 Å². The molecular weight excluding hydrogens is 458 g/mol. The number of rotatable bonds is 6. The minimum atomic E-state index is -0.508. The largest absolute Gasteiger partial charge is 0.466 e. The Kier molecular flexibility index (Phi) is 6.01. The molecule has 1 atom stereocenters. The normalized spacial score (nSPS) is 14.5. The number of anilines is 1. The van der Waals surface area contributed by atoms with E-state index in [1.807, 2.05) is 24.3 Å². The Labute approximate surface area is 207 Å². The van der Waals surface area contributed by atoms with E-state index < -0.39 is 5.92 Å². The van der Waals surface area contributed by atoms with E-state index in [0.29, 0.717) is 51.2 Å². The highest BCUT2D eigenvalue weighted by Gasteiger charge is 2.34. The summed E-state index contributed by atoms with van der Waals surface area (Å²) in [4.78, 5) is 42.5. The van der Waals surface area contributed by atoms with Gasteiger partial charge in [-0.15, -0.1) is 0 Å². The molecule has 0 radical (unpaired) electrons. The molecule has 1 aliphatic rings. The average Bonchev–Trinajstić information content (AvgIpc) is 3.52. The molecule has 8 nitrogen and oxygen atoms in total. The van der Waals surface area contributed by atoms with Gasteiger partial charge in [0.05, 0.1) is 29.3 Å². The molecule has 182 valence electrons. The summed E-state index contributed by atoms with van der Waals surface area (Å²) < 4.78 is 11.4. The third-order valence-corrected chi connectivity index (χ3v) is 6.36. The Bertz CT molecular complexity index is 1500. The van der Waals surface area contributed by atoms with Crippen LogP contribution in [0.4, 0.5) is 5.69 Å². The van der Waals surface area contributed by atoms with Crippen molar-refractivity contribution in [2.45, 2.75) is 39.7 Å². The number of Topliss-reactive ketones (excluding diaryl/α,β-unsaturated/α-hetero) is 1. The van der Waals surface area contributed by atoms with Crippen LogP contribution in [0.5, 0.6) is 0 Å². The molecule has 36 heavy (non-hydrogen) atoms. The molecule has 2 heterocycles. The molecule has 1 unspecified atom stereocenters. The van der Waals surface area contributed by atoms with Crippen LogP contribution in [0.1, 0.15) is 61.6 Å². The van der Waals surface area contributed by atoms with Gasteiger partial charge in [0, 0.05) is 12.0 Å². The van der Waals surface area contributed by atoms with Crippen molar-refractivity contribution >= 4 is 23.3 Å². The second-order valence-electron chi connectivity index (χ2n) is 8.83. The van der Waals surface area contributed by atoms with Crippen LogP contribution < -0.4 is 10.6 Å². The third-order valence-electron chi connectivity index (χ3n) is 6.36. The summed E-state index contributed by atoms with van der Waals surface area (Å²) in [5, 5.41) is 5.80. The number of nitrogens with zero attached hydrogens (tertiary/aromatic N) is 1. The highest BCUT2D eigenvalue weighted by Crippen LogP contribution is 2.33. The lowest BCUT2D eigenvalue weighted by Gasteiger charge is -2.10. The molecule has 0 bridgehead atoms. The Balaban J connectivity index is 1.32. The molecule has 0 saturated heterocycles. The van der Waals surface area contributed by atoms with Crippen LogP contribution in [0.25, 0.3) is 11.5 Å². The molecule has 2 amide bonds. The molecule has 0 aliphatic heterocycles. The number of para-hydroxylation sites is 1. The minimum absolute atomic E-state index is 0.0231. The molecule has 1 aliphatic carbocycles. The van der Waals surface area contributed by atoms with E-state index in [1.165, 1.54) is 0 Å². The second kappa shape index (κ2) is 9.30. The maximum absolute atomic E-state index is 12.9. The van der Waals surface area contributed by atoms with Crippen LogP contribution in [0.3, 0.4) is 0 Å². The number of aryl methyl sites for hydroxylation is 3. The van der Waals surface area contributed by atoms with Crippen molar-refractivity contribution in [2.75, 3.05) is 5.32 Å². The van der Waals surface area contributed by atoms with Gasteiger partial charge in [-0.05, 0) is 44.5 Å². The molecule has 0 saturated carbocycles. The summed E-state index contributed by atoms with van der Waals surface area (Å²) in [6.45, 7) is 5.46. The number of carbonyl (C=O) groups excluding carboxylic acids is 3. The van der Waals surface area contributed by atoms with Crippen molar-refractivity contribution in [1.82, 2.24) is 10.3 Å². The molecule has 2 aromatic carbocycles. The van der Waals surface area contributed by atoms with Crippen LogP contribution in [-0.2, 0) is 11.3 Å². The summed E-state index contributed by atoms with van der Waals surface area (Å²) in [7, 11) is 0. The number of hydrogen-bond donors (Lipinski definition) is 2. The highest BCUT2D eigenvalue weighted by atomic mass is 16.4. The predicted octanol–water partition coefficient (Wildman–Crippen LogP) is 5.10. The van der Waals surface area contributed by atoms with Gasteiger partial charge in [0.2, 0.25) is 11.8 Å². The molecule has 0 fully saturated rings. The molecule has 5 rings (SSSR count). The fourth-order valence-electron chi connectivity index (χ4n) is 4.52. The Morgan fingerprint density at radius 2 is 1.69 bits per heavy atom. The van der Waals surface area contributed by atoms with Crippen molar-refractivity contribution in [3.05, 3.63) is 94.3 Å². The van der Waals surface area contributed by atoms with Crippen LogP contribution in [0.2, 0.25) is 0 Å². The number of fused-ring (bicyclic) bond motifs is 1. The first kappa shape index (κ1) is 23.3. The third kappa shape index (κ3) is 4.33. The number of hydrogen-bond acceptors (Lipinski definition) is 6. The van der Waals surface area contributed by atoms with Crippen LogP contribution in [0, 0.1) is 20.8 Å². The lowest BCUT2D eigenvalue weighted by Crippen LogP contribution is -2.28. The zero-order valence-corrected chi connectivity index (χ0v) is 20.2. The second-order valence-corrected chi connectivity index (χ2v) is 8.83. The zero-order chi connectivity index (χ0) is 25.4. The van der Waals surface area contributed by atoms with Gasteiger partial charge in [0.25, 0.3) is 5.91 Å². The molecule has 4 aromatic rings. The minimum Gasteiger partial charge on any atom is -0.466 e. The Morgan fingerprint density at radius 3 is 2.44 bits per heavy atom. The van der Waals surface area contributed by atoms with E-state index in [1.54, 1.807) is 51.1 Å². The van der Waals surface area contributed by atoms with E-state index in [4.69, 9.17) is 8.83 Å². The quantitative estimate of drug-likeness (QED) is 0.394. The van der Waals surface area contributed by atoms with E-state index in [-0.39, 0.29) is 30.6 Å². The number of oxazole rings is 1. The zero-order valence-electron chi connectivity index (χ0n) is 20.2. The topological polar surface area (TPSA) is 114 Å². The highest BCUT2D eigenvalue weighted by molar-refractivity contribution is 6.07. The first-order chi connectivity index (χ1) is 17.3. The van der Waals surface area contributed by atoms with Gasteiger partial charge in [0.1, 0.15) is 23.0 Å². The fraction of sp³-hybridized carbons (Fsp3) is 0.214. The smallest absolute Gasteiger partial charge is 0.259 e. The molecule has 0 spiro atoms. The first-order valence-electron chi connectivity index (χ1n) is 11.7. The predicted molar refractivity (Wildman–Crippen MR) is 133 cm³/mol. The van der Waals surface area contributed by atoms with Crippen molar-refractivity contribution in [3.63, 3.8) is 0 Å². The number of furan rings is 1. The van der Waals surface area contributed by atoms with Crippen molar-refractivity contribution in [2.24, 2.45) is 0 Å². The van der Waals surface area contributed by atoms with Gasteiger partial charge in [-0.3, -0.25) is 14.4 Å². The van der Waals surface area contributed by atoms with Crippen molar-refractivity contribution in [1.29, 1.82) is 0 Å². The molecule has 2 aromatic heterocycles. The van der Waals surface area contributed by atoms with Gasteiger partial charge < -0.3 is 19.5 Å². The summed E-state index contributed by atoms with van der Waals surface area (Å²) in [6, 6.07) is 16.1. The SMILES string of the molecule is Cc1cc(C(=O)Nc2ccccc2-c2nc(CNC(=O)C3CC(=O)c4ccccc43)c(C)o2)c(C)o1. The van der Waals surface area contributed by atoms with Crippen molar-refractivity contribution in [3.8, 4) is 11.5 Å². The van der Waals surface area contributed by atoms with Crippen LogP contribution in [0.15, 0.2) is 63.4 Å². The number of ketones is 1. The van der Waals surface area contributed by atoms with E-state index >= 15 is 0 Å². The fourth-order valence-corrected chi connectivity index (χ4v) is 4.52. The first-order valence-corrected chi connectivity index (χ1v) is 11.7. The Morgan fingerprint density at radius 1 is 0.972 bits per heavy atom. The van der Waals surface area contributed by atoms with Gasteiger partial charge in [-0.1, -0.05) is 36.4 Å². The van der Waals surface area contributed by atoms with E-state index in [9.17, 15) is 14.4 Å². The molecule has 2 N–H and O–H groups in total. The van der Waals surface area contributed by atoms with Crippen LogP contribution >= 0.6 is 0 Å². The monoisotopic (exact) mass is 483 g/mol. The maximum Gasteiger partial charge on any atom is 0.259 e. The molecular formula is C28H25N3O5. The summed E-state index contributed by atoms with van der Waals surface area (Å²) in [6.07, 6.45) is 0.164. The standard InChI is InChI=1S/C28H25N3O5/c1-15-12-21(16(2)35-15)27(34)30-23-11-7-6-10-20(23)28-31-24(17(3)36-28)14-29-26(33)22-13-25(32)19-9-5-4-8-18(19)22/h4-12,22H,13-14H2,1-3H3,(H,29,33)(H,30,34). The van der Waals surface area contributed by atoms with Gasteiger partial charge in [0.15, 0.2) is 5.78 Å². The summed E-state index contributed by atoms with van der Waals surface area (Å²) >= 11 is 0. The van der Waals surface area contributed by atoms with E-state index in [0.717, 1.165) is 5.56 Å². The number of nitrogens with one attached hydrogen (secondary N) is 2.